The number of rotatable bonds is 2. The second-order valence-electron chi connectivity index (χ2n) is 5.42. The van der Waals surface area contributed by atoms with Gasteiger partial charge in [-0.25, -0.2) is 4.98 Å². The van der Waals surface area contributed by atoms with Crippen molar-refractivity contribution < 1.29 is 0 Å². The highest BCUT2D eigenvalue weighted by atomic mass is 16.1. The zero-order chi connectivity index (χ0) is 14.1. The second kappa shape index (κ2) is 5.12. The lowest BCUT2D eigenvalue weighted by molar-refractivity contribution is 0.658. The van der Waals surface area contributed by atoms with E-state index in [0.29, 0.717) is 5.95 Å². The van der Waals surface area contributed by atoms with E-state index in [4.69, 9.17) is 0 Å². The fourth-order valence-electron chi connectivity index (χ4n) is 2.68. The summed E-state index contributed by atoms with van der Waals surface area (Å²) >= 11 is 0. The third-order valence-electron chi connectivity index (χ3n) is 4.05. The van der Waals surface area contributed by atoms with Crippen LogP contribution in [0.5, 0.6) is 0 Å². The Bertz CT molecular complexity index is 703. The normalized spacial score (nSPS) is 13.9. The smallest absolute Gasteiger partial charge is 0.255 e. The van der Waals surface area contributed by atoms with Crippen molar-refractivity contribution in [2.75, 3.05) is 5.32 Å². The Kier molecular flexibility index (Phi) is 3.30. The summed E-state index contributed by atoms with van der Waals surface area (Å²) in [6, 6.07) is 6.08. The summed E-state index contributed by atoms with van der Waals surface area (Å²) < 4.78 is 0. The summed E-state index contributed by atoms with van der Waals surface area (Å²) in [5.41, 5.74) is 5.20. The minimum absolute atomic E-state index is 0.00232. The zero-order valence-electron chi connectivity index (χ0n) is 11.9. The number of aromatic amines is 1. The van der Waals surface area contributed by atoms with E-state index >= 15 is 0 Å². The highest BCUT2D eigenvalue weighted by Crippen LogP contribution is 2.22. The van der Waals surface area contributed by atoms with Crippen LogP contribution in [0.3, 0.4) is 0 Å². The lowest BCUT2D eigenvalue weighted by atomic mass is 9.97. The van der Waals surface area contributed by atoms with Gasteiger partial charge in [0.25, 0.3) is 5.56 Å². The van der Waals surface area contributed by atoms with E-state index in [9.17, 15) is 4.79 Å². The summed E-state index contributed by atoms with van der Waals surface area (Å²) in [5, 5.41) is 3.24. The monoisotopic (exact) mass is 269 g/mol. The topological polar surface area (TPSA) is 57.8 Å². The molecule has 20 heavy (non-hydrogen) atoms. The molecule has 0 saturated heterocycles. The number of aromatic nitrogens is 2. The van der Waals surface area contributed by atoms with Gasteiger partial charge in [-0.2, -0.15) is 0 Å². The minimum atomic E-state index is 0.00232. The van der Waals surface area contributed by atoms with Gasteiger partial charge in [-0.05, 0) is 56.7 Å². The molecule has 0 spiro atoms. The molecule has 1 heterocycles. The number of benzene rings is 1. The molecular formula is C16H19N3O. The Morgan fingerprint density at radius 2 is 2.00 bits per heavy atom. The molecule has 1 aromatic heterocycles. The molecule has 3 rings (SSSR count). The number of nitrogens with one attached hydrogen (secondary N) is 2. The van der Waals surface area contributed by atoms with E-state index in [-0.39, 0.29) is 5.56 Å². The van der Waals surface area contributed by atoms with Gasteiger partial charge in [0.15, 0.2) is 0 Å². The summed E-state index contributed by atoms with van der Waals surface area (Å²) in [5.74, 6) is 0.546. The van der Waals surface area contributed by atoms with Crippen LogP contribution >= 0.6 is 0 Å². The molecule has 0 aliphatic heterocycles. The van der Waals surface area contributed by atoms with Gasteiger partial charge in [0, 0.05) is 11.3 Å². The predicted octanol–water partition coefficient (Wildman–Crippen LogP) is 3.01. The maximum Gasteiger partial charge on any atom is 0.255 e. The first-order valence-electron chi connectivity index (χ1n) is 7.10. The van der Waals surface area contributed by atoms with E-state index in [0.717, 1.165) is 42.6 Å². The predicted molar refractivity (Wildman–Crippen MR) is 80.7 cm³/mol. The Morgan fingerprint density at radius 1 is 1.20 bits per heavy atom. The van der Waals surface area contributed by atoms with E-state index in [1.807, 2.05) is 12.1 Å². The van der Waals surface area contributed by atoms with Crippen LogP contribution in [0.4, 0.5) is 11.6 Å². The molecule has 4 heteroatoms. The van der Waals surface area contributed by atoms with E-state index in [2.05, 4.69) is 35.2 Å². The van der Waals surface area contributed by atoms with Gasteiger partial charge in [0.1, 0.15) is 0 Å². The van der Waals surface area contributed by atoms with E-state index in [1.54, 1.807) is 0 Å². The molecule has 0 amide bonds. The summed E-state index contributed by atoms with van der Waals surface area (Å²) in [6.07, 6.45) is 3.95. The lowest BCUT2D eigenvalue weighted by Crippen LogP contribution is -2.22. The Balaban J connectivity index is 1.97. The first-order chi connectivity index (χ1) is 9.65. The number of hydrogen-bond acceptors (Lipinski definition) is 3. The molecule has 0 saturated carbocycles. The third kappa shape index (κ3) is 2.33. The van der Waals surface area contributed by atoms with Crippen molar-refractivity contribution in [1.29, 1.82) is 0 Å². The Labute approximate surface area is 118 Å². The van der Waals surface area contributed by atoms with Crippen LogP contribution in [-0.4, -0.2) is 9.97 Å². The molecule has 1 aliphatic carbocycles. The maximum atomic E-state index is 12.1. The molecule has 4 nitrogen and oxygen atoms in total. The SMILES string of the molecule is Cc1cccc(Nc2nc3c(c(=O)[nH]2)CCCC3)c1C. The van der Waals surface area contributed by atoms with Crippen LogP contribution in [-0.2, 0) is 12.8 Å². The van der Waals surface area contributed by atoms with Gasteiger partial charge in [0.05, 0.1) is 5.69 Å². The molecule has 0 radical (unpaired) electrons. The Hall–Kier alpha value is -2.10. The molecule has 0 atom stereocenters. The highest BCUT2D eigenvalue weighted by molar-refractivity contribution is 5.60. The van der Waals surface area contributed by atoms with Crippen molar-refractivity contribution >= 4 is 11.6 Å². The number of anilines is 2. The number of fused-ring (bicyclic) bond motifs is 1. The average Bonchev–Trinajstić information content (AvgIpc) is 2.44. The molecule has 1 aliphatic rings. The zero-order valence-corrected chi connectivity index (χ0v) is 11.9. The largest absolute Gasteiger partial charge is 0.325 e. The van der Waals surface area contributed by atoms with Crippen LogP contribution in [0.2, 0.25) is 0 Å². The van der Waals surface area contributed by atoms with Gasteiger partial charge in [-0.1, -0.05) is 12.1 Å². The van der Waals surface area contributed by atoms with Crippen molar-refractivity contribution in [3.63, 3.8) is 0 Å². The molecule has 2 aromatic rings. The lowest BCUT2D eigenvalue weighted by Gasteiger charge is -2.16. The van der Waals surface area contributed by atoms with Crippen molar-refractivity contribution in [1.82, 2.24) is 9.97 Å². The quantitative estimate of drug-likeness (QED) is 0.881. The number of hydrogen-bond donors (Lipinski definition) is 2. The van der Waals surface area contributed by atoms with E-state index in [1.165, 1.54) is 11.1 Å². The standard InChI is InChI=1S/C16H19N3O/c1-10-6-5-9-13(11(10)2)17-16-18-14-8-4-3-7-12(14)15(20)19-16/h5-6,9H,3-4,7-8H2,1-2H3,(H2,17,18,19,20). The molecule has 1 aromatic carbocycles. The minimum Gasteiger partial charge on any atom is -0.325 e. The third-order valence-corrected chi connectivity index (χ3v) is 4.05. The molecule has 0 bridgehead atoms. The van der Waals surface area contributed by atoms with E-state index < -0.39 is 0 Å². The second-order valence-corrected chi connectivity index (χ2v) is 5.42. The molecule has 0 unspecified atom stereocenters. The van der Waals surface area contributed by atoms with Gasteiger partial charge in [-0.15, -0.1) is 0 Å². The van der Waals surface area contributed by atoms with Gasteiger partial charge in [-0.3, -0.25) is 9.78 Å². The Morgan fingerprint density at radius 3 is 2.85 bits per heavy atom. The summed E-state index contributed by atoms with van der Waals surface area (Å²) in [6.45, 7) is 4.14. The fourth-order valence-corrected chi connectivity index (χ4v) is 2.68. The number of H-pyrrole nitrogens is 1. The number of nitrogens with zero attached hydrogens (tertiary/aromatic N) is 1. The fraction of sp³-hybridized carbons (Fsp3) is 0.375. The molecule has 2 N–H and O–H groups in total. The molecular weight excluding hydrogens is 250 g/mol. The average molecular weight is 269 g/mol. The summed E-state index contributed by atoms with van der Waals surface area (Å²) in [7, 11) is 0. The molecule has 0 fully saturated rings. The van der Waals surface area contributed by atoms with Crippen LogP contribution in [0.15, 0.2) is 23.0 Å². The van der Waals surface area contributed by atoms with Crippen LogP contribution in [0, 0.1) is 13.8 Å². The number of aryl methyl sites for hydroxylation is 2. The van der Waals surface area contributed by atoms with Crippen molar-refractivity contribution in [2.45, 2.75) is 39.5 Å². The first kappa shape index (κ1) is 12.9. The van der Waals surface area contributed by atoms with Gasteiger partial charge < -0.3 is 5.32 Å². The van der Waals surface area contributed by atoms with Crippen LogP contribution in [0.1, 0.15) is 35.2 Å². The van der Waals surface area contributed by atoms with Crippen molar-refractivity contribution in [3.8, 4) is 0 Å². The van der Waals surface area contributed by atoms with Gasteiger partial charge in [0.2, 0.25) is 5.95 Å². The van der Waals surface area contributed by atoms with Crippen molar-refractivity contribution in [3.05, 3.63) is 50.9 Å². The van der Waals surface area contributed by atoms with Gasteiger partial charge >= 0.3 is 0 Å². The highest BCUT2D eigenvalue weighted by Gasteiger charge is 2.15. The van der Waals surface area contributed by atoms with Crippen LogP contribution < -0.4 is 10.9 Å². The van der Waals surface area contributed by atoms with Crippen LogP contribution in [0.25, 0.3) is 0 Å². The molecule has 104 valence electrons. The first-order valence-corrected chi connectivity index (χ1v) is 7.10. The summed E-state index contributed by atoms with van der Waals surface area (Å²) in [4.78, 5) is 19.5. The van der Waals surface area contributed by atoms with Crippen molar-refractivity contribution in [2.24, 2.45) is 0 Å². The maximum absolute atomic E-state index is 12.1.